The van der Waals surface area contributed by atoms with Gasteiger partial charge in [0.1, 0.15) is 29.2 Å². The SMILES string of the molecule is NC(=O)C1CC(Cc2cccc(Oc3ccccc3)c2)CN1c1cc(N)nc(N)n1. The lowest BCUT2D eigenvalue weighted by atomic mass is 9.96. The maximum absolute atomic E-state index is 12.1. The number of ether oxygens (including phenoxy) is 1. The molecule has 0 radical (unpaired) electrons. The maximum Gasteiger partial charge on any atom is 0.240 e. The van der Waals surface area contributed by atoms with E-state index >= 15 is 0 Å². The molecule has 1 saturated heterocycles. The highest BCUT2D eigenvalue weighted by atomic mass is 16.5. The van der Waals surface area contributed by atoms with E-state index < -0.39 is 11.9 Å². The van der Waals surface area contributed by atoms with Crippen molar-refractivity contribution in [3.05, 3.63) is 66.2 Å². The molecular formula is C22H24N6O2. The Balaban J connectivity index is 1.50. The van der Waals surface area contributed by atoms with E-state index in [1.54, 1.807) is 6.07 Å². The third-order valence-corrected chi connectivity index (χ3v) is 5.16. The number of carbonyl (C=O) groups is 1. The second-order valence-electron chi connectivity index (χ2n) is 7.45. The topological polar surface area (TPSA) is 133 Å². The summed E-state index contributed by atoms with van der Waals surface area (Å²) < 4.78 is 5.93. The van der Waals surface area contributed by atoms with Gasteiger partial charge in [0.15, 0.2) is 0 Å². The van der Waals surface area contributed by atoms with Crippen LogP contribution < -0.4 is 26.8 Å². The Labute approximate surface area is 174 Å². The molecule has 1 aliphatic heterocycles. The van der Waals surface area contributed by atoms with Crippen LogP contribution in [0.1, 0.15) is 12.0 Å². The van der Waals surface area contributed by atoms with Crippen LogP contribution in [-0.4, -0.2) is 28.5 Å². The number of primary amides is 1. The molecule has 1 amide bonds. The van der Waals surface area contributed by atoms with E-state index in [9.17, 15) is 4.79 Å². The van der Waals surface area contributed by atoms with Crippen molar-refractivity contribution in [1.82, 2.24) is 9.97 Å². The number of carbonyl (C=O) groups excluding carboxylic acids is 1. The normalized spacial score (nSPS) is 18.3. The summed E-state index contributed by atoms with van der Waals surface area (Å²) in [4.78, 5) is 22.1. The summed E-state index contributed by atoms with van der Waals surface area (Å²) in [5.74, 6) is 2.23. The molecule has 1 fully saturated rings. The van der Waals surface area contributed by atoms with Gasteiger partial charge in [0, 0.05) is 12.6 Å². The third-order valence-electron chi connectivity index (χ3n) is 5.16. The van der Waals surface area contributed by atoms with Gasteiger partial charge in [0.25, 0.3) is 0 Å². The van der Waals surface area contributed by atoms with Gasteiger partial charge in [-0.05, 0) is 48.6 Å². The predicted octanol–water partition coefficient (Wildman–Crippen LogP) is 2.36. The molecule has 30 heavy (non-hydrogen) atoms. The number of amides is 1. The van der Waals surface area contributed by atoms with Gasteiger partial charge in [0.05, 0.1) is 0 Å². The van der Waals surface area contributed by atoms with Crippen molar-refractivity contribution in [3.8, 4) is 11.5 Å². The number of anilines is 3. The van der Waals surface area contributed by atoms with E-state index in [0.29, 0.717) is 18.8 Å². The number of nitrogen functional groups attached to an aromatic ring is 2. The summed E-state index contributed by atoms with van der Waals surface area (Å²) in [5, 5.41) is 0. The molecule has 0 saturated carbocycles. The number of nitrogens with two attached hydrogens (primary N) is 3. The fourth-order valence-electron chi connectivity index (χ4n) is 3.91. The van der Waals surface area contributed by atoms with Crippen molar-refractivity contribution in [2.45, 2.75) is 18.9 Å². The average molecular weight is 404 g/mol. The first-order valence-corrected chi connectivity index (χ1v) is 9.76. The largest absolute Gasteiger partial charge is 0.457 e. The number of hydrogen-bond donors (Lipinski definition) is 3. The van der Waals surface area contributed by atoms with E-state index in [4.69, 9.17) is 21.9 Å². The van der Waals surface area contributed by atoms with Gasteiger partial charge in [0.2, 0.25) is 11.9 Å². The van der Waals surface area contributed by atoms with E-state index in [-0.39, 0.29) is 17.7 Å². The zero-order valence-corrected chi connectivity index (χ0v) is 16.4. The summed E-state index contributed by atoms with van der Waals surface area (Å²) in [6.45, 7) is 0.618. The van der Waals surface area contributed by atoms with E-state index in [1.165, 1.54) is 0 Å². The molecule has 1 aromatic heterocycles. The van der Waals surface area contributed by atoms with Gasteiger partial charge in [-0.1, -0.05) is 30.3 Å². The summed E-state index contributed by atoms with van der Waals surface area (Å²) in [6, 6.07) is 18.8. The van der Waals surface area contributed by atoms with E-state index in [1.807, 2.05) is 53.4 Å². The van der Waals surface area contributed by atoms with Crippen molar-refractivity contribution in [1.29, 1.82) is 0 Å². The summed E-state index contributed by atoms with van der Waals surface area (Å²) in [7, 11) is 0. The maximum atomic E-state index is 12.1. The Morgan fingerprint density at radius 1 is 1.03 bits per heavy atom. The van der Waals surface area contributed by atoms with Gasteiger partial charge in [-0.15, -0.1) is 0 Å². The van der Waals surface area contributed by atoms with Crippen LogP contribution in [0.5, 0.6) is 11.5 Å². The highest BCUT2D eigenvalue weighted by Gasteiger charge is 2.36. The van der Waals surface area contributed by atoms with Crippen molar-refractivity contribution < 1.29 is 9.53 Å². The van der Waals surface area contributed by atoms with E-state index in [0.717, 1.165) is 23.5 Å². The van der Waals surface area contributed by atoms with Crippen molar-refractivity contribution in [2.75, 3.05) is 22.9 Å². The molecule has 2 aromatic carbocycles. The molecule has 8 heteroatoms. The highest BCUT2D eigenvalue weighted by molar-refractivity contribution is 5.84. The minimum atomic E-state index is -0.465. The Morgan fingerprint density at radius 3 is 2.53 bits per heavy atom. The second-order valence-corrected chi connectivity index (χ2v) is 7.45. The minimum absolute atomic E-state index is 0.0717. The molecule has 0 spiro atoms. The Kier molecular flexibility index (Phi) is 5.38. The van der Waals surface area contributed by atoms with Crippen LogP contribution in [0.25, 0.3) is 0 Å². The molecule has 4 rings (SSSR count). The lowest BCUT2D eigenvalue weighted by Crippen LogP contribution is -2.40. The first-order valence-electron chi connectivity index (χ1n) is 9.76. The highest BCUT2D eigenvalue weighted by Crippen LogP contribution is 2.32. The van der Waals surface area contributed by atoms with Crippen LogP contribution in [0, 0.1) is 5.92 Å². The van der Waals surface area contributed by atoms with Crippen LogP contribution in [0.3, 0.4) is 0 Å². The minimum Gasteiger partial charge on any atom is -0.457 e. The molecule has 8 nitrogen and oxygen atoms in total. The summed E-state index contributed by atoms with van der Waals surface area (Å²) >= 11 is 0. The molecule has 0 aliphatic carbocycles. The van der Waals surface area contributed by atoms with Gasteiger partial charge < -0.3 is 26.8 Å². The monoisotopic (exact) mass is 404 g/mol. The number of para-hydroxylation sites is 1. The lowest BCUT2D eigenvalue weighted by Gasteiger charge is -2.23. The van der Waals surface area contributed by atoms with Gasteiger partial charge in [-0.25, -0.2) is 0 Å². The van der Waals surface area contributed by atoms with E-state index in [2.05, 4.69) is 16.0 Å². The fraction of sp³-hybridized carbons (Fsp3) is 0.227. The van der Waals surface area contributed by atoms with Crippen molar-refractivity contribution in [2.24, 2.45) is 11.7 Å². The Morgan fingerprint density at radius 2 is 1.80 bits per heavy atom. The molecule has 2 unspecified atom stereocenters. The number of rotatable bonds is 6. The fourth-order valence-corrected chi connectivity index (χ4v) is 3.91. The van der Waals surface area contributed by atoms with Crippen LogP contribution in [0.2, 0.25) is 0 Å². The third kappa shape index (κ3) is 4.43. The van der Waals surface area contributed by atoms with Gasteiger partial charge in [-0.3, -0.25) is 4.79 Å². The standard InChI is InChI=1S/C22H24N6O2/c23-19-12-20(27-22(25)26-19)28-13-15(11-18(28)21(24)29)9-14-5-4-8-17(10-14)30-16-6-2-1-3-7-16/h1-8,10,12,15,18H,9,11,13H2,(H2,24,29)(H4,23,25,26,27). The van der Waals surface area contributed by atoms with Crippen LogP contribution in [0.15, 0.2) is 60.7 Å². The zero-order chi connectivity index (χ0) is 21.1. The van der Waals surface area contributed by atoms with Crippen LogP contribution in [0.4, 0.5) is 17.6 Å². The lowest BCUT2D eigenvalue weighted by molar-refractivity contribution is -0.119. The second kappa shape index (κ2) is 8.28. The number of aromatic nitrogens is 2. The number of benzene rings is 2. The number of nitrogens with zero attached hydrogens (tertiary/aromatic N) is 3. The number of hydrogen-bond acceptors (Lipinski definition) is 7. The first kappa shape index (κ1) is 19.5. The average Bonchev–Trinajstić information content (AvgIpc) is 3.12. The molecular weight excluding hydrogens is 380 g/mol. The van der Waals surface area contributed by atoms with Gasteiger partial charge >= 0.3 is 0 Å². The van der Waals surface area contributed by atoms with Crippen molar-refractivity contribution >= 4 is 23.5 Å². The zero-order valence-electron chi connectivity index (χ0n) is 16.4. The van der Waals surface area contributed by atoms with Gasteiger partial charge in [-0.2, -0.15) is 9.97 Å². The Hall–Kier alpha value is -3.81. The van der Waals surface area contributed by atoms with Crippen molar-refractivity contribution in [3.63, 3.8) is 0 Å². The molecule has 3 aromatic rings. The molecule has 1 aliphatic rings. The first-order chi connectivity index (χ1) is 14.5. The molecule has 0 bridgehead atoms. The molecule has 2 atom stereocenters. The van der Waals surface area contributed by atoms with Crippen LogP contribution >= 0.6 is 0 Å². The predicted molar refractivity (Wildman–Crippen MR) is 116 cm³/mol. The quantitative estimate of drug-likeness (QED) is 0.574. The smallest absolute Gasteiger partial charge is 0.240 e. The molecule has 154 valence electrons. The Bertz CT molecular complexity index is 1020. The summed E-state index contributed by atoms with van der Waals surface area (Å²) in [6.07, 6.45) is 1.41. The molecule has 6 N–H and O–H groups in total. The summed E-state index contributed by atoms with van der Waals surface area (Å²) in [5.41, 5.74) is 18.3. The molecule has 2 heterocycles. The van der Waals surface area contributed by atoms with Crippen LogP contribution in [-0.2, 0) is 11.2 Å².